The van der Waals surface area contributed by atoms with Crippen LogP contribution in [0.2, 0.25) is 0 Å². The lowest BCUT2D eigenvalue weighted by Crippen LogP contribution is -2.29. The summed E-state index contributed by atoms with van der Waals surface area (Å²) in [6.07, 6.45) is 0.422. The van der Waals surface area contributed by atoms with Crippen LogP contribution in [-0.2, 0) is 9.59 Å². The summed E-state index contributed by atoms with van der Waals surface area (Å²) in [4.78, 5) is 24.3. The van der Waals surface area contributed by atoms with Crippen molar-refractivity contribution in [1.82, 2.24) is 0 Å². The van der Waals surface area contributed by atoms with E-state index in [1.807, 2.05) is 24.3 Å². The molecule has 0 fully saturated rings. The SMILES string of the molecule is COc1ccc2c(c1)OC(=O)CC2C1CC(=O)Oc2cc(OC)ccc21. The lowest BCUT2D eigenvalue weighted by molar-refractivity contribution is -0.139. The van der Waals surface area contributed by atoms with Gasteiger partial charge in [-0.2, -0.15) is 0 Å². The number of carbonyl (C=O) groups is 2. The van der Waals surface area contributed by atoms with Crippen molar-refractivity contribution in [1.29, 1.82) is 0 Å². The van der Waals surface area contributed by atoms with Crippen molar-refractivity contribution in [3.05, 3.63) is 47.5 Å². The molecule has 0 amide bonds. The van der Waals surface area contributed by atoms with E-state index < -0.39 is 0 Å². The van der Waals surface area contributed by atoms with Crippen molar-refractivity contribution in [2.24, 2.45) is 0 Å². The van der Waals surface area contributed by atoms with Crippen LogP contribution in [0.4, 0.5) is 0 Å². The molecule has 134 valence electrons. The van der Waals surface area contributed by atoms with Crippen molar-refractivity contribution < 1.29 is 28.5 Å². The Balaban J connectivity index is 1.79. The van der Waals surface area contributed by atoms with E-state index in [9.17, 15) is 9.59 Å². The highest BCUT2D eigenvalue weighted by molar-refractivity contribution is 5.80. The number of carbonyl (C=O) groups excluding carboxylic acids is 2. The molecule has 2 aromatic carbocycles. The van der Waals surface area contributed by atoms with Gasteiger partial charge in [0.25, 0.3) is 0 Å². The molecule has 0 saturated carbocycles. The smallest absolute Gasteiger partial charge is 0.311 e. The van der Waals surface area contributed by atoms with Crippen molar-refractivity contribution in [2.45, 2.75) is 24.7 Å². The fraction of sp³-hybridized carbons (Fsp3) is 0.300. The molecular formula is C20H18O6. The molecule has 0 aliphatic carbocycles. The number of fused-ring (bicyclic) bond motifs is 2. The first-order chi connectivity index (χ1) is 12.6. The average molecular weight is 354 g/mol. The van der Waals surface area contributed by atoms with Gasteiger partial charge in [-0.15, -0.1) is 0 Å². The van der Waals surface area contributed by atoms with Gasteiger partial charge in [-0.1, -0.05) is 12.1 Å². The van der Waals surface area contributed by atoms with Crippen LogP contribution in [0.3, 0.4) is 0 Å². The first kappa shape index (κ1) is 16.4. The first-order valence-corrected chi connectivity index (χ1v) is 8.36. The van der Waals surface area contributed by atoms with Gasteiger partial charge >= 0.3 is 11.9 Å². The van der Waals surface area contributed by atoms with E-state index >= 15 is 0 Å². The minimum Gasteiger partial charge on any atom is -0.497 e. The minimum absolute atomic E-state index is 0.169. The maximum atomic E-state index is 12.2. The predicted octanol–water partition coefficient (Wildman–Crippen LogP) is 3.19. The van der Waals surface area contributed by atoms with E-state index in [2.05, 4.69) is 0 Å². The van der Waals surface area contributed by atoms with Crippen molar-refractivity contribution >= 4 is 11.9 Å². The number of esters is 2. The van der Waals surface area contributed by atoms with Crippen LogP contribution in [-0.4, -0.2) is 26.2 Å². The average Bonchev–Trinajstić information content (AvgIpc) is 2.65. The highest BCUT2D eigenvalue weighted by atomic mass is 16.5. The Morgan fingerprint density at radius 1 is 0.769 bits per heavy atom. The van der Waals surface area contributed by atoms with Gasteiger partial charge in [0.05, 0.1) is 27.1 Å². The minimum atomic E-state index is -0.315. The molecule has 0 aromatic heterocycles. The van der Waals surface area contributed by atoms with Crippen molar-refractivity contribution in [3.63, 3.8) is 0 Å². The largest absolute Gasteiger partial charge is 0.497 e. The Labute approximate surface area is 150 Å². The maximum Gasteiger partial charge on any atom is 0.311 e. The quantitative estimate of drug-likeness (QED) is 0.623. The second-order valence-corrected chi connectivity index (χ2v) is 6.38. The zero-order valence-electron chi connectivity index (χ0n) is 14.5. The molecule has 4 rings (SSSR count). The second-order valence-electron chi connectivity index (χ2n) is 6.38. The summed E-state index contributed by atoms with van der Waals surface area (Å²) in [7, 11) is 3.12. The summed E-state index contributed by atoms with van der Waals surface area (Å²) in [6, 6.07) is 10.9. The van der Waals surface area contributed by atoms with E-state index in [0.717, 1.165) is 11.1 Å². The fourth-order valence-corrected chi connectivity index (χ4v) is 3.70. The van der Waals surface area contributed by atoms with Crippen LogP contribution in [0.15, 0.2) is 36.4 Å². The number of hydrogen-bond donors (Lipinski definition) is 0. The third-order valence-electron chi connectivity index (χ3n) is 4.95. The molecule has 0 bridgehead atoms. The van der Waals surface area contributed by atoms with Crippen LogP contribution in [0.25, 0.3) is 0 Å². The standard InChI is InChI=1S/C20H18O6/c1-23-11-3-5-13-15(9-19(21)25-17(13)7-11)16-10-20(22)26-18-8-12(24-2)4-6-14(16)18/h3-8,15-16H,9-10H2,1-2H3. The second kappa shape index (κ2) is 6.37. The highest BCUT2D eigenvalue weighted by Crippen LogP contribution is 2.49. The predicted molar refractivity (Wildman–Crippen MR) is 92.0 cm³/mol. The number of ether oxygens (including phenoxy) is 4. The van der Waals surface area contributed by atoms with Crippen LogP contribution in [0.1, 0.15) is 35.8 Å². The molecule has 2 heterocycles. The van der Waals surface area contributed by atoms with E-state index in [1.165, 1.54) is 0 Å². The normalized spacial score (nSPS) is 21.2. The summed E-state index contributed by atoms with van der Waals surface area (Å²) in [5.74, 6) is 1.23. The molecule has 2 unspecified atom stereocenters. The van der Waals surface area contributed by atoms with E-state index in [4.69, 9.17) is 18.9 Å². The molecule has 6 heteroatoms. The summed E-state index contributed by atoms with van der Waals surface area (Å²) in [6.45, 7) is 0. The number of benzene rings is 2. The maximum absolute atomic E-state index is 12.2. The first-order valence-electron chi connectivity index (χ1n) is 8.36. The van der Waals surface area contributed by atoms with Crippen molar-refractivity contribution in [3.8, 4) is 23.0 Å². The Kier molecular flexibility index (Phi) is 4.03. The zero-order chi connectivity index (χ0) is 18.3. The third-order valence-corrected chi connectivity index (χ3v) is 4.95. The molecule has 0 saturated heterocycles. The Morgan fingerprint density at radius 2 is 1.19 bits per heavy atom. The molecule has 2 aromatic rings. The van der Waals surface area contributed by atoms with Gasteiger partial charge in [0.1, 0.15) is 23.0 Å². The summed E-state index contributed by atoms with van der Waals surface area (Å²) in [5, 5.41) is 0. The van der Waals surface area contributed by atoms with Crippen LogP contribution >= 0.6 is 0 Å². The van der Waals surface area contributed by atoms with Gasteiger partial charge in [-0.3, -0.25) is 9.59 Å². The van der Waals surface area contributed by atoms with Crippen LogP contribution in [0.5, 0.6) is 23.0 Å². The highest BCUT2D eigenvalue weighted by Gasteiger charge is 2.39. The van der Waals surface area contributed by atoms with E-state index in [-0.39, 0.29) is 36.6 Å². The van der Waals surface area contributed by atoms with E-state index in [0.29, 0.717) is 23.0 Å². The number of hydrogen-bond acceptors (Lipinski definition) is 6. The lowest BCUT2D eigenvalue weighted by Gasteiger charge is -2.34. The molecule has 2 aliphatic rings. The Hall–Kier alpha value is -3.02. The van der Waals surface area contributed by atoms with Crippen LogP contribution in [0, 0.1) is 0 Å². The summed E-state index contributed by atoms with van der Waals surface area (Å²) < 4.78 is 21.2. The molecule has 26 heavy (non-hydrogen) atoms. The molecular weight excluding hydrogens is 336 g/mol. The third kappa shape index (κ3) is 2.77. The monoisotopic (exact) mass is 354 g/mol. The Morgan fingerprint density at radius 3 is 1.58 bits per heavy atom. The van der Waals surface area contributed by atoms with E-state index in [1.54, 1.807) is 26.4 Å². The van der Waals surface area contributed by atoms with Gasteiger partial charge in [-0.05, 0) is 23.3 Å². The van der Waals surface area contributed by atoms with Crippen LogP contribution < -0.4 is 18.9 Å². The van der Waals surface area contributed by atoms with Gasteiger partial charge in [0, 0.05) is 24.0 Å². The molecule has 0 spiro atoms. The Bertz CT molecular complexity index is 814. The van der Waals surface area contributed by atoms with Gasteiger partial charge < -0.3 is 18.9 Å². The number of methoxy groups -OCH3 is 2. The molecule has 2 aliphatic heterocycles. The molecule has 2 atom stereocenters. The fourth-order valence-electron chi connectivity index (χ4n) is 3.70. The molecule has 0 radical (unpaired) electrons. The lowest BCUT2D eigenvalue weighted by atomic mass is 9.75. The summed E-state index contributed by atoms with van der Waals surface area (Å²) in [5.41, 5.74) is 1.79. The molecule has 0 N–H and O–H groups in total. The number of rotatable bonds is 3. The van der Waals surface area contributed by atoms with Gasteiger partial charge in [0.2, 0.25) is 0 Å². The zero-order valence-corrected chi connectivity index (χ0v) is 14.5. The topological polar surface area (TPSA) is 71.1 Å². The van der Waals surface area contributed by atoms with Gasteiger partial charge in [0.15, 0.2) is 0 Å². The van der Waals surface area contributed by atoms with Gasteiger partial charge in [-0.25, -0.2) is 0 Å². The van der Waals surface area contributed by atoms with Crippen molar-refractivity contribution in [2.75, 3.05) is 14.2 Å². The molecule has 6 nitrogen and oxygen atoms in total. The summed E-state index contributed by atoms with van der Waals surface area (Å²) >= 11 is 0.